The molecule has 5 fully saturated rings. The number of carboxylic acid groups (broad SMARTS) is 1. The van der Waals surface area contributed by atoms with Crippen LogP contribution in [0.15, 0.2) is 0 Å². The molecule has 5 aliphatic heterocycles. The number of hydrogen-bond donors (Lipinski definition) is 13. The monoisotopic (exact) mass is 1000 g/mol. The summed E-state index contributed by atoms with van der Waals surface area (Å²) in [5, 5.41) is 139. The largest absolute Gasteiger partial charge is 0.481 e. The molecule has 24 nitrogen and oxygen atoms in total. The highest BCUT2D eigenvalue weighted by atomic mass is 16.8. The summed E-state index contributed by atoms with van der Waals surface area (Å²) in [4.78, 5) is 10.8. The Labute approximate surface area is 401 Å². The fraction of sp³-hybridized carbons (Fsp3) is 0.978. The van der Waals surface area contributed by atoms with Gasteiger partial charge < -0.3 is 114 Å². The molecular weight excluding hydrogens is 924 g/mol. The average molecular weight is 1010 g/mol. The van der Waals surface area contributed by atoms with Crippen LogP contribution < -0.4 is 0 Å². The Balaban J connectivity index is 1.26. The van der Waals surface area contributed by atoms with Crippen LogP contribution in [0.1, 0.15) is 111 Å². The molecule has 0 bridgehead atoms. The van der Waals surface area contributed by atoms with Gasteiger partial charge in [0.25, 0.3) is 0 Å². The van der Waals surface area contributed by atoms with Crippen LogP contribution in [0.25, 0.3) is 0 Å². The van der Waals surface area contributed by atoms with Crippen LogP contribution in [0.3, 0.4) is 0 Å². The number of rotatable bonds is 25. The highest BCUT2D eigenvalue weighted by Crippen LogP contribution is 2.37. The van der Waals surface area contributed by atoms with Crippen molar-refractivity contribution in [3.05, 3.63) is 0 Å². The Hall–Kier alpha value is -1.41. The fourth-order valence-corrected chi connectivity index (χ4v) is 9.33. The molecule has 5 aliphatic rings. The first kappa shape index (κ1) is 58.5. The van der Waals surface area contributed by atoms with Gasteiger partial charge in [-0.05, 0) is 40.0 Å². The normalized spacial score (nSPS) is 44.8. The third kappa shape index (κ3) is 15.3. The lowest BCUT2D eigenvalue weighted by Crippen LogP contribution is -2.67. The summed E-state index contributed by atoms with van der Waals surface area (Å²) in [5.74, 6) is -0.793. The predicted molar refractivity (Wildman–Crippen MR) is 232 cm³/mol. The molecule has 404 valence electrons. The second kappa shape index (κ2) is 27.8. The summed E-state index contributed by atoms with van der Waals surface area (Å²) in [6.45, 7) is 5.31. The van der Waals surface area contributed by atoms with Gasteiger partial charge in [0.05, 0.1) is 37.6 Å². The molecule has 5 heterocycles. The van der Waals surface area contributed by atoms with Gasteiger partial charge in [-0.1, -0.05) is 64.7 Å². The summed E-state index contributed by atoms with van der Waals surface area (Å²) >= 11 is 0. The first-order chi connectivity index (χ1) is 32.8. The van der Waals surface area contributed by atoms with Crippen LogP contribution in [0.5, 0.6) is 0 Å². The number of carbonyl (C=O) groups is 1. The van der Waals surface area contributed by atoms with E-state index in [1.54, 1.807) is 0 Å². The van der Waals surface area contributed by atoms with Crippen molar-refractivity contribution in [1.82, 2.24) is 0 Å². The molecule has 0 aliphatic carbocycles. The lowest BCUT2D eigenvalue weighted by Gasteiger charge is -2.50. The molecule has 0 spiro atoms. The maximum Gasteiger partial charge on any atom is 0.303 e. The van der Waals surface area contributed by atoms with Crippen LogP contribution in [0.2, 0.25) is 0 Å². The molecule has 25 atom stereocenters. The van der Waals surface area contributed by atoms with Crippen molar-refractivity contribution in [1.29, 1.82) is 0 Å². The van der Waals surface area contributed by atoms with Crippen molar-refractivity contribution < 1.29 is 119 Å². The highest BCUT2D eigenvalue weighted by Gasteiger charge is 2.56. The van der Waals surface area contributed by atoms with Crippen molar-refractivity contribution in [3.63, 3.8) is 0 Å². The van der Waals surface area contributed by atoms with Gasteiger partial charge in [-0.15, -0.1) is 0 Å². The molecule has 0 aromatic carbocycles. The van der Waals surface area contributed by atoms with Gasteiger partial charge in [0.15, 0.2) is 31.5 Å². The second-order valence-electron chi connectivity index (χ2n) is 19.1. The van der Waals surface area contributed by atoms with Crippen LogP contribution in [0.4, 0.5) is 0 Å². The highest BCUT2D eigenvalue weighted by molar-refractivity contribution is 5.66. The lowest BCUT2D eigenvalue weighted by molar-refractivity contribution is -0.399. The minimum atomic E-state index is -1.95. The smallest absolute Gasteiger partial charge is 0.303 e. The van der Waals surface area contributed by atoms with E-state index in [9.17, 15) is 66.1 Å². The zero-order chi connectivity index (χ0) is 50.7. The van der Waals surface area contributed by atoms with E-state index in [-0.39, 0.29) is 19.1 Å². The third-order valence-electron chi connectivity index (χ3n) is 13.7. The molecule has 25 unspecified atom stereocenters. The lowest BCUT2D eigenvalue weighted by atomic mass is 9.95. The second-order valence-corrected chi connectivity index (χ2v) is 19.1. The average Bonchev–Trinajstić information content (AvgIpc) is 3.31. The van der Waals surface area contributed by atoms with Gasteiger partial charge in [-0.2, -0.15) is 0 Å². The van der Waals surface area contributed by atoms with Crippen LogP contribution in [-0.2, 0) is 52.2 Å². The summed E-state index contributed by atoms with van der Waals surface area (Å²) in [6, 6.07) is 0. The molecule has 24 heteroatoms. The Bertz CT molecular complexity index is 1480. The topological polar surface area (TPSA) is 372 Å². The maximum absolute atomic E-state index is 11.9. The van der Waals surface area contributed by atoms with Crippen LogP contribution in [0, 0.1) is 0 Å². The van der Waals surface area contributed by atoms with E-state index in [0.717, 1.165) is 57.8 Å². The number of aliphatic carboxylic acids is 1. The van der Waals surface area contributed by atoms with Gasteiger partial charge in [0.2, 0.25) is 0 Å². The first-order valence-corrected chi connectivity index (χ1v) is 24.6. The summed E-state index contributed by atoms with van der Waals surface area (Å²) < 4.78 is 59.6. The van der Waals surface area contributed by atoms with E-state index < -0.39 is 160 Å². The SMILES string of the molecule is CCCCCC(CCCCCCCCCC(=O)O)OC1OCC(O)C(O)C1OC1OC(C)C(OC2OC(C)C(OC3OC(C)C(O)C(O)C3O)C(OC3OC(CO)C(O)C(O)C3O)C2O)C(O)C1O. The number of aliphatic hydroxyl groups excluding tert-OH is 12. The summed E-state index contributed by atoms with van der Waals surface area (Å²) in [7, 11) is 0. The zero-order valence-corrected chi connectivity index (χ0v) is 39.8. The first-order valence-electron chi connectivity index (χ1n) is 24.6. The Morgan fingerprint density at radius 3 is 1.58 bits per heavy atom. The van der Waals surface area contributed by atoms with Crippen molar-refractivity contribution in [3.8, 4) is 0 Å². The van der Waals surface area contributed by atoms with E-state index in [0.29, 0.717) is 19.3 Å². The Kier molecular flexibility index (Phi) is 23.5. The fourth-order valence-electron chi connectivity index (χ4n) is 9.33. The zero-order valence-electron chi connectivity index (χ0n) is 39.8. The van der Waals surface area contributed by atoms with Crippen LogP contribution >= 0.6 is 0 Å². The minimum absolute atomic E-state index is 0.167. The molecule has 0 radical (unpaired) electrons. The molecule has 0 saturated carbocycles. The number of unbranched alkanes of at least 4 members (excludes halogenated alkanes) is 8. The minimum Gasteiger partial charge on any atom is -0.481 e. The Morgan fingerprint density at radius 2 is 0.971 bits per heavy atom. The molecule has 0 aromatic heterocycles. The predicted octanol–water partition coefficient (Wildman–Crippen LogP) is -2.63. The van der Waals surface area contributed by atoms with Gasteiger partial charge in [-0.3, -0.25) is 4.79 Å². The van der Waals surface area contributed by atoms with Crippen molar-refractivity contribution in [2.45, 2.75) is 265 Å². The van der Waals surface area contributed by atoms with Crippen LogP contribution in [-0.4, -0.2) is 239 Å². The van der Waals surface area contributed by atoms with E-state index in [1.165, 1.54) is 20.8 Å². The van der Waals surface area contributed by atoms with E-state index in [4.69, 9.17) is 52.5 Å². The van der Waals surface area contributed by atoms with Crippen molar-refractivity contribution >= 4 is 5.97 Å². The van der Waals surface area contributed by atoms with Gasteiger partial charge >= 0.3 is 5.97 Å². The molecule has 5 saturated heterocycles. The third-order valence-corrected chi connectivity index (χ3v) is 13.7. The molecule has 5 rings (SSSR count). The van der Waals surface area contributed by atoms with Crippen molar-refractivity contribution in [2.24, 2.45) is 0 Å². The van der Waals surface area contributed by atoms with Gasteiger partial charge in [0.1, 0.15) is 97.7 Å². The quantitative estimate of drug-likeness (QED) is 0.0416. The van der Waals surface area contributed by atoms with E-state index >= 15 is 0 Å². The number of ether oxygens (including phenoxy) is 10. The number of carboxylic acids is 1. The van der Waals surface area contributed by atoms with Crippen molar-refractivity contribution in [2.75, 3.05) is 13.2 Å². The van der Waals surface area contributed by atoms with Gasteiger partial charge in [-0.25, -0.2) is 0 Å². The van der Waals surface area contributed by atoms with Gasteiger partial charge in [0, 0.05) is 6.42 Å². The van der Waals surface area contributed by atoms with E-state index in [2.05, 4.69) is 6.92 Å². The molecule has 0 amide bonds. The molecule has 13 N–H and O–H groups in total. The van der Waals surface area contributed by atoms with E-state index in [1.807, 2.05) is 0 Å². The molecular formula is C45H80O24. The molecule has 0 aromatic rings. The Morgan fingerprint density at radius 1 is 0.493 bits per heavy atom. The number of aliphatic hydroxyl groups is 12. The molecule has 69 heavy (non-hydrogen) atoms. The summed E-state index contributed by atoms with van der Waals surface area (Å²) in [6.07, 6.45) is -27.9. The maximum atomic E-state index is 11.9. The summed E-state index contributed by atoms with van der Waals surface area (Å²) in [5.41, 5.74) is 0. The number of hydrogen-bond acceptors (Lipinski definition) is 23. The standard InChI is InChI=1S/C45H80O24/c1-5-6-12-15-23(16-13-10-8-7-9-11-14-17-26(48)49)64-45-40(28(51)24(47)19-60-45)69-42-35(58)32(55)37(21(3)62-42)66-44-36(59)39(68-43-34(57)31(54)29(52)25(18-46)65-43)38(22(4)63-44)67-41-33(56)30(53)27(50)20(2)61-41/h20-25,27-47,50-59H,5-19H2,1-4H3,(H,48,49).